The van der Waals surface area contributed by atoms with Gasteiger partial charge in [-0.05, 0) is 25.5 Å². The highest BCUT2D eigenvalue weighted by molar-refractivity contribution is 7.84. The van der Waals surface area contributed by atoms with Crippen molar-refractivity contribution in [2.75, 3.05) is 12.0 Å². The predicted molar refractivity (Wildman–Crippen MR) is 64.2 cm³/mol. The van der Waals surface area contributed by atoms with Crippen LogP contribution in [0.25, 0.3) is 0 Å². The van der Waals surface area contributed by atoms with Crippen molar-refractivity contribution in [3.05, 3.63) is 29.6 Å². The van der Waals surface area contributed by atoms with E-state index in [4.69, 9.17) is 0 Å². The molecule has 3 nitrogen and oxygen atoms in total. The van der Waals surface area contributed by atoms with Crippen LogP contribution in [0.4, 0.5) is 0 Å². The second-order valence-electron chi connectivity index (χ2n) is 3.77. The van der Waals surface area contributed by atoms with Crippen molar-refractivity contribution in [3.63, 3.8) is 0 Å². The molecule has 1 heterocycles. The van der Waals surface area contributed by atoms with Gasteiger partial charge in [-0.25, -0.2) is 0 Å². The van der Waals surface area contributed by atoms with E-state index in [9.17, 15) is 4.21 Å². The van der Waals surface area contributed by atoms with Gasteiger partial charge in [0.2, 0.25) is 0 Å². The summed E-state index contributed by atoms with van der Waals surface area (Å²) in [6, 6.07) is 4.27. The second kappa shape index (κ2) is 5.98. The molecular weight excluding hydrogens is 208 g/mol. The summed E-state index contributed by atoms with van der Waals surface area (Å²) >= 11 is 0. The van der Waals surface area contributed by atoms with Crippen molar-refractivity contribution >= 4 is 10.8 Å². The summed E-state index contributed by atoms with van der Waals surface area (Å²) in [4.78, 5) is 4.22. The topological polar surface area (TPSA) is 42.0 Å². The highest BCUT2D eigenvalue weighted by atomic mass is 32.2. The Morgan fingerprint density at radius 3 is 2.93 bits per heavy atom. The Bertz CT molecular complexity index is 341. The van der Waals surface area contributed by atoms with Crippen LogP contribution in [-0.2, 0) is 17.3 Å². The van der Waals surface area contributed by atoms with Gasteiger partial charge in [-0.1, -0.05) is 6.07 Å². The van der Waals surface area contributed by atoms with E-state index < -0.39 is 10.8 Å². The third kappa shape index (κ3) is 4.53. The Balaban J connectivity index is 2.43. The molecule has 4 heteroatoms. The molecule has 0 amide bonds. The Hall–Kier alpha value is -0.740. The Kier molecular flexibility index (Phi) is 4.91. The molecule has 0 bridgehead atoms. The van der Waals surface area contributed by atoms with Crippen molar-refractivity contribution < 1.29 is 4.21 Å². The molecule has 1 aromatic heterocycles. The molecule has 0 aliphatic rings. The fourth-order valence-corrected chi connectivity index (χ4v) is 2.22. The van der Waals surface area contributed by atoms with E-state index in [-0.39, 0.29) is 6.04 Å². The Morgan fingerprint density at radius 1 is 1.60 bits per heavy atom. The lowest BCUT2D eigenvalue weighted by Crippen LogP contribution is -2.30. The SMILES string of the molecule is Cc1ncccc1CNC(C)CS(C)=O. The molecule has 1 rings (SSSR count). The fourth-order valence-electron chi connectivity index (χ4n) is 1.40. The molecule has 84 valence electrons. The number of rotatable bonds is 5. The summed E-state index contributed by atoms with van der Waals surface area (Å²) in [5.41, 5.74) is 2.25. The molecule has 0 spiro atoms. The number of aryl methyl sites for hydroxylation is 1. The number of pyridine rings is 1. The van der Waals surface area contributed by atoms with E-state index in [0.717, 1.165) is 12.2 Å². The summed E-state index contributed by atoms with van der Waals surface area (Å²) in [7, 11) is -0.737. The monoisotopic (exact) mass is 226 g/mol. The first-order valence-electron chi connectivity index (χ1n) is 5.03. The molecule has 0 aliphatic heterocycles. The van der Waals surface area contributed by atoms with Gasteiger partial charge >= 0.3 is 0 Å². The first kappa shape index (κ1) is 12.3. The third-order valence-corrected chi connectivity index (χ3v) is 3.21. The zero-order chi connectivity index (χ0) is 11.3. The maximum atomic E-state index is 11.0. The number of nitrogens with one attached hydrogen (secondary N) is 1. The van der Waals surface area contributed by atoms with Gasteiger partial charge in [-0.3, -0.25) is 9.19 Å². The van der Waals surface area contributed by atoms with Gasteiger partial charge < -0.3 is 5.32 Å². The van der Waals surface area contributed by atoms with Crippen molar-refractivity contribution in [2.45, 2.75) is 26.4 Å². The zero-order valence-electron chi connectivity index (χ0n) is 9.49. The smallest absolute Gasteiger partial charge is 0.0417 e. The van der Waals surface area contributed by atoms with Gasteiger partial charge in [0.15, 0.2) is 0 Å². The van der Waals surface area contributed by atoms with Crippen LogP contribution < -0.4 is 5.32 Å². The Morgan fingerprint density at radius 2 is 2.33 bits per heavy atom. The van der Waals surface area contributed by atoms with Gasteiger partial charge in [0, 0.05) is 47.3 Å². The number of hydrogen-bond donors (Lipinski definition) is 1. The normalized spacial score (nSPS) is 14.9. The first-order chi connectivity index (χ1) is 7.09. The highest BCUT2D eigenvalue weighted by Crippen LogP contribution is 2.03. The van der Waals surface area contributed by atoms with E-state index in [1.54, 1.807) is 12.5 Å². The average Bonchev–Trinajstić information content (AvgIpc) is 2.15. The van der Waals surface area contributed by atoms with E-state index >= 15 is 0 Å². The summed E-state index contributed by atoms with van der Waals surface area (Å²) in [6.45, 7) is 4.84. The molecule has 0 fully saturated rings. The van der Waals surface area contributed by atoms with Gasteiger partial charge in [-0.2, -0.15) is 0 Å². The van der Waals surface area contributed by atoms with E-state index in [2.05, 4.69) is 16.4 Å². The van der Waals surface area contributed by atoms with Gasteiger partial charge in [0.25, 0.3) is 0 Å². The van der Waals surface area contributed by atoms with Crippen LogP contribution in [0.2, 0.25) is 0 Å². The average molecular weight is 226 g/mol. The van der Waals surface area contributed by atoms with Crippen LogP contribution in [0.1, 0.15) is 18.2 Å². The minimum atomic E-state index is -0.737. The first-order valence-corrected chi connectivity index (χ1v) is 6.76. The van der Waals surface area contributed by atoms with E-state index in [0.29, 0.717) is 5.75 Å². The Labute approximate surface area is 93.8 Å². The molecule has 0 aromatic carbocycles. The highest BCUT2D eigenvalue weighted by Gasteiger charge is 2.04. The van der Waals surface area contributed by atoms with Crippen LogP contribution in [0, 0.1) is 6.92 Å². The zero-order valence-corrected chi connectivity index (χ0v) is 10.3. The molecule has 0 aliphatic carbocycles. The lowest BCUT2D eigenvalue weighted by molar-refractivity contribution is 0.585. The molecule has 1 aromatic rings. The van der Waals surface area contributed by atoms with Crippen LogP contribution in [0.15, 0.2) is 18.3 Å². The molecule has 0 radical (unpaired) electrons. The van der Waals surface area contributed by atoms with Crippen molar-refractivity contribution in [1.82, 2.24) is 10.3 Å². The summed E-state index contributed by atoms with van der Waals surface area (Å²) < 4.78 is 11.0. The largest absolute Gasteiger partial charge is 0.309 e. The molecule has 2 unspecified atom stereocenters. The second-order valence-corrected chi connectivity index (χ2v) is 5.25. The van der Waals surface area contributed by atoms with Crippen molar-refractivity contribution in [1.29, 1.82) is 0 Å². The molecule has 0 saturated carbocycles. The van der Waals surface area contributed by atoms with Crippen LogP contribution in [0.5, 0.6) is 0 Å². The lowest BCUT2D eigenvalue weighted by atomic mass is 10.2. The van der Waals surface area contributed by atoms with Crippen LogP contribution in [-0.4, -0.2) is 27.2 Å². The van der Waals surface area contributed by atoms with E-state index in [1.165, 1.54) is 5.56 Å². The lowest BCUT2D eigenvalue weighted by Gasteiger charge is -2.13. The maximum absolute atomic E-state index is 11.0. The molecule has 2 atom stereocenters. The molecular formula is C11H18N2OS. The molecule has 1 N–H and O–H groups in total. The number of aromatic nitrogens is 1. The van der Waals surface area contributed by atoms with Crippen molar-refractivity contribution in [2.24, 2.45) is 0 Å². The minimum Gasteiger partial charge on any atom is -0.309 e. The standard InChI is InChI=1S/C11H18N2OS/c1-9(8-15(3)14)13-7-11-5-4-6-12-10(11)2/h4-6,9,13H,7-8H2,1-3H3. The molecule has 15 heavy (non-hydrogen) atoms. The molecule has 0 saturated heterocycles. The third-order valence-electron chi connectivity index (χ3n) is 2.24. The maximum Gasteiger partial charge on any atom is 0.0417 e. The van der Waals surface area contributed by atoms with E-state index in [1.807, 2.05) is 19.9 Å². The predicted octanol–water partition coefficient (Wildman–Crippen LogP) is 1.25. The summed E-state index contributed by atoms with van der Waals surface area (Å²) in [5.74, 6) is 0.694. The number of nitrogens with zero attached hydrogens (tertiary/aromatic N) is 1. The summed E-state index contributed by atoms with van der Waals surface area (Å²) in [6.07, 6.45) is 3.52. The van der Waals surface area contributed by atoms with Crippen LogP contribution >= 0.6 is 0 Å². The van der Waals surface area contributed by atoms with Gasteiger partial charge in [-0.15, -0.1) is 0 Å². The van der Waals surface area contributed by atoms with Crippen LogP contribution in [0.3, 0.4) is 0 Å². The number of hydrogen-bond acceptors (Lipinski definition) is 3. The minimum absolute atomic E-state index is 0.274. The quantitative estimate of drug-likeness (QED) is 0.821. The van der Waals surface area contributed by atoms with Gasteiger partial charge in [0.1, 0.15) is 0 Å². The summed E-state index contributed by atoms with van der Waals surface area (Å²) in [5, 5.41) is 3.34. The van der Waals surface area contributed by atoms with Gasteiger partial charge in [0.05, 0.1) is 0 Å². The fraction of sp³-hybridized carbons (Fsp3) is 0.545. The van der Waals surface area contributed by atoms with Crippen molar-refractivity contribution in [3.8, 4) is 0 Å².